The van der Waals surface area contributed by atoms with Gasteiger partial charge in [0.2, 0.25) is 0 Å². The molecule has 138 valence electrons. The van der Waals surface area contributed by atoms with E-state index in [9.17, 15) is 8.78 Å². The number of fused-ring (bicyclic) bond motifs is 1. The number of hydrogen-bond donors (Lipinski definition) is 0. The van der Waals surface area contributed by atoms with Crippen molar-refractivity contribution in [3.63, 3.8) is 0 Å². The summed E-state index contributed by atoms with van der Waals surface area (Å²) in [6.07, 6.45) is 3.52. The first kappa shape index (κ1) is 17.2. The van der Waals surface area contributed by atoms with Crippen LogP contribution in [0.2, 0.25) is 0 Å². The first-order valence-corrected chi connectivity index (χ1v) is 9.16. The summed E-state index contributed by atoms with van der Waals surface area (Å²) in [5.74, 6) is 1.53. The van der Waals surface area contributed by atoms with Crippen LogP contribution in [0, 0.1) is 17.6 Å². The fourth-order valence-electron chi connectivity index (χ4n) is 3.90. The zero-order chi connectivity index (χ0) is 17.9. The van der Waals surface area contributed by atoms with E-state index in [4.69, 9.17) is 4.74 Å². The minimum absolute atomic E-state index is 0.244. The molecule has 4 rings (SSSR count). The average Bonchev–Trinajstić information content (AvgIpc) is 2.67. The molecular weight excluding hydrogens is 336 g/mol. The molecule has 0 spiro atoms. The molecule has 2 aromatic rings. The molecule has 3 heterocycles. The highest BCUT2D eigenvalue weighted by Gasteiger charge is 2.33. The molecule has 1 aromatic heterocycles. The lowest BCUT2D eigenvalue weighted by Crippen LogP contribution is -2.57. The fourth-order valence-corrected chi connectivity index (χ4v) is 3.90. The highest BCUT2D eigenvalue weighted by molar-refractivity contribution is 5.39. The summed E-state index contributed by atoms with van der Waals surface area (Å²) in [6, 6.07) is 9.94. The Bertz CT molecular complexity index is 723. The van der Waals surface area contributed by atoms with E-state index in [2.05, 4.69) is 14.8 Å². The summed E-state index contributed by atoms with van der Waals surface area (Å²) >= 11 is 0. The molecule has 4 nitrogen and oxygen atoms in total. The van der Waals surface area contributed by atoms with Crippen LogP contribution in [0.15, 0.2) is 42.6 Å². The van der Waals surface area contributed by atoms with Gasteiger partial charge >= 0.3 is 0 Å². The van der Waals surface area contributed by atoms with E-state index in [0.717, 1.165) is 50.6 Å². The van der Waals surface area contributed by atoms with Crippen molar-refractivity contribution >= 4 is 5.82 Å². The summed E-state index contributed by atoms with van der Waals surface area (Å²) in [6.45, 7) is 4.51. The first-order chi connectivity index (χ1) is 12.7. The first-order valence-electron chi connectivity index (χ1n) is 9.16. The van der Waals surface area contributed by atoms with E-state index >= 15 is 0 Å². The molecular formula is C20H23F2N3O. The van der Waals surface area contributed by atoms with E-state index in [0.29, 0.717) is 18.6 Å². The van der Waals surface area contributed by atoms with Crippen LogP contribution in [0.25, 0.3) is 0 Å². The molecule has 2 saturated heterocycles. The van der Waals surface area contributed by atoms with Gasteiger partial charge in [-0.25, -0.2) is 13.8 Å². The van der Waals surface area contributed by atoms with Crippen molar-refractivity contribution in [3.05, 3.63) is 54.2 Å². The van der Waals surface area contributed by atoms with E-state index < -0.39 is 0 Å². The van der Waals surface area contributed by atoms with Crippen LogP contribution in [0.5, 0.6) is 5.75 Å². The van der Waals surface area contributed by atoms with Crippen molar-refractivity contribution < 1.29 is 13.5 Å². The molecule has 2 fully saturated rings. The van der Waals surface area contributed by atoms with Gasteiger partial charge in [0.25, 0.3) is 0 Å². The number of anilines is 1. The van der Waals surface area contributed by atoms with Gasteiger partial charge in [0.05, 0.1) is 12.8 Å². The van der Waals surface area contributed by atoms with Gasteiger partial charge in [-0.05, 0) is 49.2 Å². The maximum absolute atomic E-state index is 13.1. The highest BCUT2D eigenvalue weighted by atomic mass is 19.1. The van der Waals surface area contributed by atoms with E-state index in [-0.39, 0.29) is 11.6 Å². The van der Waals surface area contributed by atoms with E-state index in [1.54, 1.807) is 18.2 Å². The van der Waals surface area contributed by atoms with Crippen LogP contribution in [-0.4, -0.2) is 48.7 Å². The number of piperidine rings is 1. The maximum Gasteiger partial charge on any atom is 0.141 e. The number of rotatable bonds is 4. The van der Waals surface area contributed by atoms with Gasteiger partial charge in [-0.2, -0.15) is 0 Å². The highest BCUT2D eigenvalue weighted by Crippen LogP contribution is 2.27. The van der Waals surface area contributed by atoms with Gasteiger partial charge in [0.1, 0.15) is 23.2 Å². The van der Waals surface area contributed by atoms with Crippen molar-refractivity contribution in [2.45, 2.75) is 18.9 Å². The van der Waals surface area contributed by atoms with Crippen LogP contribution >= 0.6 is 0 Å². The van der Waals surface area contributed by atoms with Gasteiger partial charge in [-0.15, -0.1) is 0 Å². The molecule has 0 saturated carbocycles. The molecule has 2 aliphatic rings. The third kappa shape index (κ3) is 3.96. The third-order valence-electron chi connectivity index (χ3n) is 5.34. The molecule has 0 aliphatic carbocycles. The van der Waals surface area contributed by atoms with Crippen LogP contribution in [0.4, 0.5) is 14.6 Å². The second kappa shape index (κ2) is 7.58. The summed E-state index contributed by atoms with van der Waals surface area (Å²) in [4.78, 5) is 8.99. The van der Waals surface area contributed by atoms with Gasteiger partial charge in [0.15, 0.2) is 0 Å². The van der Waals surface area contributed by atoms with Crippen molar-refractivity contribution in [2.75, 3.05) is 37.7 Å². The number of hydrogen-bond acceptors (Lipinski definition) is 4. The summed E-state index contributed by atoms with van der Waals surface area (Å²) in [7, 11) is 0. The lowest BCUT2D eigenvalue weighted by Gasteiger charge is -2.46. The second-order valence-electron chi connectivity index (χ2n) is 7.14. The fraction of sp³-hybridized carbons (Fsp3) is 0.450. The summed E-state index contributed by atoms with van der Waals surface area (Å²) in [5.41, 5.74) is 0. The SMILES string of the molecule is Fc1ccc(OC[C@@H]2CC[C@H]3CN(c4ccc(F)cn4)CCN3C2)cc1. The molecule has 1 aromatic carbocycles. The van der Waals surface area contributed by atoms with Crippen molar-refractivity contribution in [1.82, 2.24) is 9.88 Å². The Morgan fingerprint density at radius 1 is 0.962 bits per heavy atom. The molecule has 26 heavy (non-hydrogen) atoms. The van der Waals surface area contributed by atoms with Gasteiger partial charge in [-0.3, -0.25) is 4.90 Å². The molecule has 2 atom stereocenters. The number of nitrogens with zero attached hydrogens (tertiary/aromatic N) is 3. The number of benzene rings is 1. The number of aromatic nitrogens is 1. The standard InChI is InChI=1S/C20H23F2N3O/c21-16-2-6-19(7-3-16)26-14-15-1-5-18-13-25(10-9-24(18)12-15)20-8-4-17(22)11-23-20/h2-4,6-8,11,15,18H,1,5,9-10,12-14H2/t15-,18+/m1/s1. The molecule has 0 amide bonds. The Morgan fingerprint density at radius 3 is 2.54 bits per heavy atom. The third-order valence-corrected chi connectivity index (χ3v) is 5.34. The summed E-state index contributed by atoms with van der Waals surface area (Å²) < 4.78 is 31.8. The molecule has 2 aliphatic heterocycles. The Balaban J connectivity index is 1.29. The number of halogens is 2. The molecule has 0 unspecified atom stereocenters. The number of ether oxygens (including phenoxy) is 1. The Hall–Kier alpha value is -2.21. The lowest BCUT2D eigenvalue weighted by molar-refractivity contribution is 0.0727. The predicted octanol–water partition coefficient (Wildman–Crippen LogP) is 3.34. The Kier molecular flexibility index (Phi) is 5.02. The van der Waals surface area contributed by atoms with E-state index in [1.807, 2.05) is 0 Å². The Morgan fingerprint density at radius 2 is 1.77 bits per heavy atom. The van der Waals surface area contributed by atoms with Crippen LogP contribution in [0.1, 0.15) is 12.8 Å². The lowest BCUT2D eigenvalue weighted by atomic mass is 9.91. The Labute approximate surface area is 152 Å². The quantitative estimate of drug-likeness (QED) is 0.837. The van der Waals surface area contributed by atoms with Crippen LogP contribution in [-0.2, 0) is 0 Å². The van der Waals surface area contributed by atoms with Gasteiger partial charge < -0.3 is 9.64 Å². The van der Waals surface area contributed by atoms with Crippen LogP contribution in [0.3, 0.4) is 0 Å². The average molecular weight is 359 g/mol. The van der Waals surface area contributed by atoms with Gasteiger partial charge in [0, 0.05) is 38.1 Å². The number of pyridine rings is 1. The normalized spacial score (nSPS) is 23.5. The van der Waals surface area contributed by atoms with Crippen LogP contribution < -0.4 is 9.64 Å². The summed E-state index contributed by atoms with van der Waals surface area (Å²) in [5, 5.41) is 0. The maximum atomic E-state index is 13.1. The van der Waals surface area contributed by atoms with Crippen molar-refractivity contribution in [1.29, 1.82) is 0 Å². The molecule has 0 bridgehead atoms. The number of piperazine rings is 1. The predicted molar refractivity (Wildman–Crippen MR) is 96.4 cm³/mol. The second-order valence-corrected chi connectivity index (χ2v) is 7.14. The van der Waals surface area contributed by atoms with Crippen molar-refractivity contribution in [3.8, 4) is 5.75 Å². The minimum Gasteiger partial charge on any atom is -0.493 e. The zero-order valence-corrected chi connectivity index (χ0v) is 14.7. The van der Waals surface area contributed by atoms with Crippen molar-refractivity contribution in [2.24, 2.45) is 5.92 Å². The molecule has 0 N–H and O–H groups in total. The van der Waals surface area contributed by atoms with Gasteiger partial charge in [-0.1, -0.05) is 0 Å². The zero-order valence-electron chi connectivity index (χ0n) is 14.7. The molecule has 0 radical (unpaired) electrons. The largest absolute Gasteiger partial charge is 0.493 e. The van der Waals surface area contributed by atoms with E-state index in [1.165, 1.54) is 24.4 Å². The smallest absolute Gasteiger partial charge is 0.141 e. The topological polar surface area (TPSA) is 28.6 Å². The monoisotopic (exact) mass is 359 g/mol. The minimum atomic E-state index is -0.297. The molecule has 6 heteroatoms.